The molecule has 0 fully saturated rings. The number of nitrogens with one attached hydrogen (secondary N) is 2. The zero-order valence-corrected chi connectivity index (χ0v) is 10.4. The minimum atomic E-state index is 0.165. The lowest BCUT2D eigenvalue weighted by molar-refractivity contribution is 0.372. The third-order valence-corrected chi connectivity index (χ3v) is 2.28. The van der Waals surface area contributed by atoms with Gasteiger partial charge in [0, 0.05) is 6.20 Å². The van der Waals surface area contributed by atoms with Crippen molar-refractivity contribution in [1.82, 2.24) is 20.6 Å². The molecule has 20 heavy (non-hydrogen) atoms. The molecule has 0 atom stereocenters. The van der Waals surface area contributed by atoms with E-state index in [9.17, 15) is 0 Å². The number of aromatic amines is 1. The van der Waals surface area contributed by atoms with Crippen molar-refractivity contribution in [2.45, 2.75) is 0 Å². The maximum Gasteiger partial charge on any atom is 0.216 e. The van der Waals surface area contributed by atoms with Gasteiger partial charge in [-0.25, -0.2) is 0 Å². The molecule has 2 aromatic rings. The monoisotopic (exact) mass is 266 g/mol. The molecule has 2 N–H and O–H groups in total. The number of tetrazole rings is 1. The van der Waals surface area contributed by atoms with Crippen molar-refractivity contribution >= 4 is 11.3 Å². The van der Waals surface area contributed by atoms with Crippen molar-refractivity contribution in [3.05, 3.63) is 36.3 Å². The van der Waals surface area contributed by atoms with Gasteiger partial charge in [-0.15, -0.1) is 16.6 Å². The molecule has 1 aromatic carbocycles. The number of hydrogen-bond donors (Lipinski definition) is 2. The van der Waals surface area contributed by atoms with Gasteiger partial charge in [-0.3, -0.25) is 0 Å². The summed E-state index contributed by atoms with van der Waals surface area (Å²) >= 11 is 0. The van der Waals surface area contributed by atoms with E-state index in [4.69, 9.17) is 16.4 Å². The molecule has 0 aliphatic carbocycles. The SMILES string of the molecule is C#CCOc1ccccc1NC=C(C#N)c1nn[nH]n1. The first-order chi connectivity index (χ1) is 9.85. The summed E-state index contributed by atoms with van der Waals surface area (Å²) in [6.07, 6.45) is 6.63. The molecular formula is C13H10N6O. The van der Waals surface area contributed by atoms with Crippen LogP contribution in [0.2, 0.25) is 0 Å². The summed E-state index contributed by atoms with van der Waals surface area (Å²) in [5.74, 6) is 3.19. The number of anilines is 1. The Balaban J connectivity index is 2.18. The van der Waals surface area contributed by atoms with Gasteiger partial charge in [0.05, 0.1) is 5.69 Å². The fourth-order valence-electron chi connectivity index (χ4n) is 1.40. The number of hydrogen-bond acceptors (Lipinski definition) is 6. The average molecular weight is 266 g/mol. The van der Waals surface area contributed by atoms with Crippen LogP contribution in [0.1, 0.15) is 5.82 Å². The number of benzene rings is 1. The number of terminal acetylenes is 1. The molecule has 0 bridgehead atoms. The van der Waals surface area contributed by atoms with Crippen molar-refractivity contribution in [3.63, 3.8) is 0 Å². The second-order valence-electron chi connectivity index (χ2n) is 3.54. The topological polar surface area (TPSA) is 99.5 Å². The van der Waals surface area contributed by atoms with Crippen LogP contribution in [0.3, 0.4) is 0 Å². The Hall–Kier alpha value is -3.32. The Morgan fingerprint density at radius 2 is 2.35 bits per heavy atom. The fourth-order valence-corrected chi connectivity index (χ4v) is 1.40. The van der Waals surface area contributed by atoms with E-state index in [1.807, 2.05) is 18.2 Å². The zero-order valence-electron chi connectivity index (χ0n) is 10.4. The minimum Gasteiger partial charge on any atom is -0.479 e. The highest BCUT2D eigenvalue weighted by Crippen LogP contribution is 2.24. The lowest BCUT2D eigenvalue weighted by Crippen LogP contribution is -1.99. The van der Waals surface area contributed by atoms with E-state index in [0.29, 0.717) is 11.4 Å². The summed E-state index contributed by atoms with van der Waals surface area (Å²) in [5.41, 5.74) is 0.921. The second kappa shape index (κ2) is 6.57. The van der Waals surface area contributed by atoms with Crippen LogP contribution < -0.4 is 10.1 Å². The summed E-state index contributed by atoms with van der Waals surface area (Å²) in [6.45, 7) is 0.165. The van der Waals surface area contributed by atoms with E-state index in [-0.39, 0.29) is 18.0 Å². The number of H-pyrrole nitrogens is 1. The molecule has 0 saturated heterocycles. The summed E-state index contributed by atoms with van der Waals surface area (Å²) in [6, 6.07) is 9.21. The normalized spacial score (nSPS) is 10.4. The Morgan fingerprint density at radius 1 is 1.50 bits per heavy atom. The van der Waals surface area contributed by atoms with Gasteiger partial charge in [0.1, 0.15) is 24.0 Å². The summed E-state index contributed by atoms with van der Waals surface area (Å²) in [7, 11) is 0. The first-order valence-electron chi connectivity index (χ1n) is 5.61. The van der Waals surface area contributed by atoms with Crippen LogP contribution in [0.5, 0.6) is 5.75 Å². The molecule has 0 saturated carbocycles. The second-order valence-corrected chi connectivity index (χ2v) is 3.54. The Kier molecular flexibility index (Phi) is 4.31. The van der Waals surface area contributed by atoms with Crippen molar-refractivity contribution in [3.8, 4) is 24.2 Å². The molecule has 98 valence electrons. The lowest BCUT2D eigenvalue weighted by Gasteiger charge is -2.08. The van der Waals surface area contributed by atoms with Crippen LogP contribution in [0.15, 0.2) is 30.5 Å². The van der Waals surface area contributed by atoms with Crippen molar-refractivity contribution in [2.24, 2.45) is 0 Å². The van der Waals surface area contributed by atoms with Crippen LogP contribution in [-0.4, -0.2) is 27.2 Å². The third-order valence-electron chi connectivity index (χ3n) is 2.28. The maximum absolute atomic E-state index is 9.05. The van der Waals surface area contributed by atoms with Crippen LogP contribution >= 0.6 is 0 Å². The van der Waals surface area contributed by atoms with E-state index >= 15 is 0 Å². The largest absolute Gasteiger partial charge is 0.479 e. The van der Waals surface area contributed by atoms with Gasteiger partial charge in [-0.1, -0.05) is 18.1 Å². The van der Waals surface area contributed by atoms with Gasteiger partial charge in [-0.2, -0.15) is 10.5 Å². The third kappa shape index (κ3) is 3.12. The van der Waals surface area contributed by atoms with Gasteiger partial charge in [0.2, 0.25) is 5.82 Å². The number of ether oxygens (including phenoxy) is 1. The molecule has 0 spiro atoms. The van der Waals surface area contributed by atoms with Crippen molar-refractivity contribution < 1.29 is 4.74 Å². The van der Waals surface area contributed by atoms with Crippen LogP contribution in [-0.2, 0) is 0 Å². The number of rotatable bonds is 5. The predicted molar refractivity (Wildman–Crippen MR) is 72.2 cm³/mol. The Bertz CT molecular complexity index is 678. The molecule has 1 heterocycles. The summed E-state index contributed by atoms with van der Waals surface area (Å²) in [5, 5.41) is 25.2. The van der Waals surface area contributed by atoms with Crippen LogP contribution in [0.25, 0.3) is 5.57 Å². The number of nitrogens with zero attached hydrogens (tertiary/aromatic N) is 4. The average Bonchev–Trinajstić information content (AvgIpc) is 3.01. The number of para-hydroxylation sites is 2. The summed E-state index contributed by atoms with van der Waals surface area (Å²) < 4.78 is 5.38. The van der Waals surface area contributed by atoms with Crippen LogP contribution in [0.4, 0.5) is 5.69 Å². The Labute approximate surface area is 115 Å². The number of nitriles is 1. The molecular weight excluding hydrogens is 256 g/mol. The predicted octanol–water partition coefficient (Wildman–Crippen LogP) is 1.19. The first kappa shape index (κ1) is 13.1. The molecule has 7 nitrogen and oxygen atoms in total. The Morgan fingerprint density at radius 3 is 3.05 bits per heavy atom. The van der Waals surface area contributed by atoms with Gasteiger partial charge < -0.3 is 10.1 Å². The highest BCUT2D eigenvalue weighted by atomic mass is 16.5. The van der Waals surface area contributed by atoms with Gasteiger partial charge in [0.15, 0.2) is 0 Å². The fraction of sp³-hybridized carbons (Fsp3) is 0.0769. The molecule has 2 rings (SSSR count). The van der Waals surface area contributed by atoms with E-state index in [1.165, 1.54) is 6.20 Å². The quantitative estimate of drug-likeness (QED) is 0.623. The van der Waals surface area contributed by atoms with Crippen molar-refractivity contribution in [2.75, 3.05) is 11.9 Å². The standard InChI is InChI=1S/C13H10N6O/c1-2-7-20-12-6-4-3-5-11(12)15-9-10(8-14)13-16-18-19-17-13/h1,3-6,9,15H,7H2,(H,16,17,18,19). The molecule has 0 radical (unpaired) electrons. The van der Waals surface area contributed by atoms with E-state index in [2.05, 4.69) is 31.9 Å². The van der Waals surface area contributed by atoms with Crippen molar-refractivity contribution in [1.29, 1.82) is 5.26 Å². The van der Waals surface area contributed by atoms with Gasteiger partial charge >= 0.3 is 0 Å². The first-order valence-corrected chi connectivity index (χ1v) is 5.61. The number of allylic oxidation sites excluding steroid dienone is 1. The molecule has 0 unspecified atom stereocenters. The molecule has 7 heteroatoms. The highest BCUT2D eigenvalue weighted by molar-refractivity contribution is 5.74. The zero-order chi connectivity index (χ0) is 14.2. The number of aromatic nitrogens is 4. The van der Waals surface area contributed by atoms with Gasteiger partial charge in [-0.05, 0) is 17.3 Å². The van der Waals surface area contributed by atoms with Gasteiger partial charge in [0.25, 0.3) is 0 Å². The minimum absolute atomic E-state index is 0.165. The lowest BCUT2D eigenvalue weighted by atomic mass is 10.2. The smallest absolute Gasteiger partial charge is 0.216 e. The summed E-state index contributed by atoms with van der Waals surface area (Å²) in [4.78, 5) is 0. The molecule has 0 amide bonds. The van der Waals surface area contributed by atoms with Crippen LogP contribution in [0, 0.1) is 23.7 Å². The molecule has 0 aliphatic rings. The highest BCUT2D eigenvalue weighted by Gasteiger charge is 2.06. The van der Waals surface area contributed by atoms with E-state index in [1.54, 1.807) is 12.1 Å². The van der Waals surface area contributed by atoms with E-state index < -0.39 is 0 Å². The maximum atomic E-state index is 9.05. The molecule has 0 aliphatic heterocycles. The van der Waals surface area contributed by atoms with E-state index in [0.717, 1.165) is 0 Å². The molecule has 1 aromatic heterocycles.